The molecule has 0 N–H and O–H groups in total. The molecule has 88 valence electrons. The Labute approximate surface area is 107 Å². The Morgan fingerprint density at radius 2 is 2.50 bits per heavy atom. The lowest BCUT2D eigenvalue weighted by Gasteiger charge is -2.31. The van der Waals surface area contributed by atoms with Crippen LogP contribution in [-0.2, 0) is 0 Å². The lowest BCUT2D eigenvalue weighted by molar-refractivity contribution is 0.0690. The number of hydrogen-bond donors (Lipinski definition) is 0. The molecule has 1 unspecified atom stereocenters. The summed E-state index contributed by atoms with van der Waals surface area (Å²) in [6, 6.07) is 0. The van der Waals surface area contributed by atoms with Gasteiger partial charge in [-0.25, -0.2) is 0 Å². The van der Waals surface area contributed by atoms with E-state index < -0.39 is 0 Å². The lowest BCUT2D eigenvalue weighted by atomic mass is 10.00. The molecule has 1 aromatic rings. The van der Waals surface area contributed by atoms with Crippen LogP contribution in [0.5, 0.6) is 0 Å². The van der Waals surface area contributed by atoms with Crippen LogP contribution in [0.3, 0.4) is 0 Å². The van der Waals surface area contributed by atoms with Crippen molar-refractivity contribution in [1.82, 2.24) is 14.5 Å². The van der Waals surface area contributed by atoms with Gasteiger partial charge in [0.2, 0.25) is 0 Å². The number of rotatable bonds is 2. The molecule has 2 heterocycles. The normalized spacial score (nSPS) is 21.1. The maximum atomic E-state index is 12.2. The summed E-state index contributed by atoms with van der Waals surface area (Å²) in [5, 5.41) is 4.85. The van der Waals surface area contributed by atoms with Crippen LogP contribution in [0.15, 0.2) is 0 Å². The van der Waals surface area contributed by atoms with Crippen molar-refractivity contribution in [3.63, 3.8) is 0 Å². The van der Waals surface area contributed by atoms with Gasteiger partial charge < -0.3 is 4.90 Å². The predicted molar refractivity (Wildman–Crippen MR) is 67.1 cm³/mol. The van der Waals surface area contributed by atoms with Crippen LogP contribution in [0.4, 0.5) is 0 Å². The van der Waals surface area contributed by atoms with Gasteiger partial charge >= 0.3 is 0 Å². The molecule has 1 aromatic heterocycles. The zero-order chi connectivity index (χ0) is 11.5. The molecule has 0 aliphatic carbocycles. The van der Waals surface area contributed by atoms with Crippen LogP contribution < -0.4 is 0 Å². The van der Waals surface area contributed by atoms with Gasteiger partial charge in [0.15, 0.2) is 0 Å². The largest absolute Gasteiger partial charge is 0.338 e. The monoisotopic (exact) mass is 303 g/mol. The van der Waals surface area contributed by atoms with Crippen LogP contribution in [0, 0.1) is 12.8 Å². The molecule has 0 spiro atoms. The van der Waals surface area contributed by atoms with Crippen LogP contribution in [0.2, 0.25) is 0 Å². The number of aromatic nitrogens is 2. The van der Waals surface area contributed by atoms with Gasteiger partial charge in [-0.1, -0.05) is 20.4 Å². The Balaban J connectivity index is 2.07. The average Bonchev–Trinajstić information content (AvgIpc) is 2.74. The van der Waals surface area contributed by atoms with Gasteiger partial charge in [-0.15, -0.1) is 5.10 Å². The van der Waals surface area contributed by atoms with Crippen molar-refractivity contribution in [1.29, 1.82) is 0 Å². The second-order valence-electron chi connectivity index (χ2n) is 4.10. The summed E-state index contributed by atoms with van der Waals surface area (Å²) in [5.74, 6) is 0.678. The first-order valence-corrected chi connectivity index (χ1v) is 7.26. The maximum absolute atomic E-state index is 12.2. The van der Waals surface area contributed by atoms with Gasteiger partial charge in [0.25, 0.3) is 5.91 Å². The molecule has 1 aliphatic heterocycles. The van der Waals surface area contributed by atoms with Gasteiger partial charge in [0.1, 0.15) is 4.88 Å². The molecular weight excluding hydrogens is 290 g/mol. The van der Waals surface area contributed by atoms with Crippen molar-refractivity contribution in [2.24, 2.45) is 5.92 Å². The van der Waals surface area contributed by atoms with E-state index in [-0.39, 0.29) is 5.91 Å². The first-order chi connectivity index (χ1) is 7.72. The minimum Gasteiger partial charge on any atom is -0.338 e. The van der Waals surface area contributed by atoms with E-state index in [0.717, 1.165) is 30.5 Å². The van der Waals surface area contributed by atoms with E-state index in [1.54, 1.807) is 0 Å². The number of piperidine rings is 1. The fourth-order valence-corrected chi connectivity index (χ4v) is 3.10. The Hall–Kier alpha value is -0.490. The first kappa shape index (κ1) is 12.0. The van der Waals surface area contributed by atoms with Crippen molar-refractivity contribution in [3.05, 3.63) is 10.6 Å². The smallest absolute Gasteiger partial charge is 0.267 e. The second kappa shape index (κ2) is 5.23. The fraction of sp³-hybridized carbons (Fsp3) is 0.700. The third-order valence-electron chi connectivity index (χ3n) is 2.87. The highest BCUT2D eigenvalue weighted by Crippen LogP contribution is 2.21. The number of carbonyl (C=O) groups is 1. The molecule has 6 heteroatoms. The van der Waals surface area contributed by atoms with Crippen molar-refractivity contribution >= 4 is 33.4 Å². The van der Waals surface area contributed by atoms with Crippen molar-refractivity contribution < 1.29 is 4.79 Å². The van der Waals surface area contributed by atoms with E-state index in [9.17, 15) is 4.79 Å². The summed E-state index contributed by atoms with van der Waals surface area (Å²) in [4.78, 5) is 14.8. The Kier molecular flexibility index (Phi) is 3.91. The molecule has 1 amide bonds. The third-order valence-corrected chi connectivity index (χ3v) is 4.60. The SMILES string of the molecule is Cc1nnsc1C(=O)N1CCCC(CBr)C1. The number of amides is 1. The minimum atomic E-state index is 0.0955. The van der Waals surface area contributed by atoms with Gasteiger partial charge in [-0.3, -0.25) is 4.79 Å². The predicted octanol–water partition coefficient (Wildman–Crippen LogP) is 2.09. The number of alkyl halides is 1. The minimum absolute atomic E-state index is 0.0955. The molecule has 4 nitrogen and oxygen atoms in total. The summed E-state index contributed by atoms with van der Waals surface area (Å²) < 4.78 is 3.81. The molecule has 16 heavy (non-hydrogen) atoms. The Morgan fingerprint density at radius 3 is 3.12 bits per heavy atom. The molecule has 1 atom stereocenters. The zero-order valence-electron chi connectivity index (χ0n) is 9.15. The number of halogens is 1. The molecule has 1 fully saturated rings. The van der Waals surface area contributed by atoms with Crippen LogP contribution in [0.1, 0.15) is 28.2 Å². The Morgan fingerprint density at radius 1 is 1.69 bits per heavy atom. The van der Waals surface area contributed by atoms with Crippen molar-refractivity contribution in [2.45, 2.75) is 19.8 Å². The molecular formula is C10H14BrN3OS. The van der Waals surface area contributed by atoms with Gasteiger partial charge in [-0.05, 0) is 37.2 Å². The van der Waals surface area contributed by atoms with E-state index >= 15 is 0 Å². The molecule has 0 aromatic carbocycles. The zero-order valence-corrected chi connectivity index (χ0v) is 11.6. The molecule has 2 rings (SSSR count). The average molecular weight is 304 g/mol. The highest BCUT2D eigenvalue weighted by Gasteiger charge is 2.26. The first-order valence-electron chi connectivity index (χ1n) is 5.36. The Bertz CT molecular complexity index is 382. The van der Waals surface area contributed by atoms with Gasteiger partial charge in [0.05, 0.1) is 5.69 Å². The highest BCUT2D eigenvalue weighted by molar-refractivity contribution is 9.09. The lowest BCUT2D eigenvalue weighted by Crippen LogP contribution is -2.40. The van der Waals surface area contributed by atoms with Crippen LogP contribution in [-0.4, -0.2) is 38.8 Å². The molecule has 0 bridgehead atoms. The number of hydrogen-bond acceptors (Lipinski definition) is 4. The van der Waals surface area contributed by atoms with E-state index in [0.29, 0.717) is 10.8 Å². The van der Waals surface area contributed by atoms with E-state index in [1.165, 1.54) is 18.0 Å². The van der Waals surface area contributed by atoms with Crippen molar-refractivity contribution in [3.8, 4) is 0 Å². The third kappa shape index (κ3) is 2.43. The number of likely N-dealkylation sites (tertiary alicyclic amines) is 1. The number of carbonyl (C=O) groups excluding carboxylic acids is 1. The summed E-state index contributed by atoms with van der Waals surface area (Å²) in [7, 11) is 0. The topological polar surface area (TPSA) is 46.1 Å². The van der Waals surface area contributed by atoms with Gasteiger partial charge in [0, 0.05) is 18.4 Å². The summed E-state index contributed by atoms with van der Waals surface area (Å²) >= 11 is 4.69. The van der Waals surface area contributed by atoms with Crippen LogP contribution >= 0.6 is 27.5 Å². The fourth-order valence-electron chi connectivity index (χ4n) is 1.95. The van der Waals surface area contributed by atoms with E-state index in [1.807, 2.05) is 11.8 Å². The van der Waals surface area contributed by atoms with E-state index in [2.05, 4.69) is 25.5 Å². The summed E-state index contributed by atoms with van der Waals surface area (Å²) in [5.41, 5.74) is 0.746. The standard InChI is InChI=1S/C10H14BrN3OS/c1-7-9(16-13-12-7)10(15)14-4-2-3-8(5-11)6-14/h8H,2-6H2,1H3. The van der Waals surface area contributed by atoms with Crippen molar-refractivity contribution in [2.75, 3.05) is 18.4 Å². The summed E-state index contributed by atoms with van der Waals surface area (Å²) in [6.07, 6.45) is 2.29. The molecule has 1 saturated heterocycles. The second-order valence-corrected chi connectivity index (χ2v) is 5.50. The van der Waals surface area contributed by atoms with Crippen LogP contribution in [0.25, 0.3) is 0 Å². The molecule has 0 radical (unpaired) electrons. The summed E-state index contributed by atoms with van der Waals surface area (Å²) in [6.45, 7) is 3.55. The molecule has 0 saturated carbocycles. The highest BCUT2D eigenvalue weighted by atomic mass is 79.9. The number of aryl methyl sites for hydroxylation is 1. The maximum Gasteiger partial charge on any atom is 0.267 e. The number of nitrogens with zero attached hydrogens (tertiary/aromatic N) is 3. The molecule has 1 aliphatic rings. The van der Waals surface area contributed by atoms with E-state index in [4.69, 9.17) is 0 Å². The quantitative estimate of drug-likeness (QED) is 0.786. The van der Waals surface area contributed by atoms with Gasteiger partial charge in [-0.2, -0.15) is 0 Å².